The smallest absolute Gasteiger partial charge is 0.176 e. The van der Waals surface area contributed by atoms with Crippen LogP contribution in [0.5, 0.6) is 11.5 Å². The third kappa shape index (κ3) is 1.65. The van der Waals surface area contributed by atoms with Crippen molar-refractivity contribution >= 4 is 16.5 Å². The number of fused-ring (bicyclic) bond motifs is 1. The van der Waals surface area contributed by atoms with Gasteiger partial charge in [-0.25, -0.2) is 0 Å². The molecule has 0 aliphatic carbocycles. The highest BCUT2D eigenvalue weighted by Gasteiger charge is 2.11. The SMILES string of the molecule is C=C(C)c1cc2cc(OC)cc(OC)c2o1. The summed E-state index contributed by atoms with van der Waals surface area (Å²) in [5.41, 5.74) is 1.61. The van der Waals surface area contributed by atoms with E-state index >= 15 is 0 Å². The van der Waals surface area contributed by atoms with Gasteiger partial charge in [-0.1, -0.05) is 6.58 Å². The van der Waals surface area contributed by atoms with Crippen molar-refractivity contribution in [3.8, 4) is 11.5 Å². The number of allylic oxidation sites excluding steroid dienone is 1. The number of methoxy groups -OCH3 is 2. The van der Waals surface area contributed by atoms with E-state index in [0.717, 1.165) is 28.1 Å². The van der Waals surface area contributed by atoms with Crippen LogP contribution < -0.4 is 9.47 Å². The molecule has 0 aliphatic rings. The van der Waals surface area contributed by atoms with Gasteiger partial charge in [0.1, 0.15) is 11.5 Å². The van der Waals surface area contributed by atoms with E-state index in [2.05, 4.69) is 6.58 Å². The first-order chi connectivity index (χ1) is 7.65. The van der Waals surface area contributed by atoms with Crippen molar-refractivity contribution in [2.24, 2.45) is 0 Å². The zero-order valence-electron chi connectivity index (χ0n) is 9.66. The highest BCUT2D eigenvalue weighted by Crippen LogP contribution is 2.34. The van der Waals surface area contributed by atoms with E-state index in [1.165, 1.54) is 0 Å². The first-order valence-electron chi connectivity index (χ1n) is 4.97. The van der Waals surface area contributed by atoms with Crippen LogP contribution in [0.2, 0.25) is 0 Å². The van der Waals surface area contributed by atoms with Gasteiger partial charge in [-0.2, -0.15) is 0 Å². The molecule has 0 atom stereocenters. The molecule has 2 rings (SSSR count). The molecule has 0 N–H and O–H groups in total. The Bertz CT molecular complexity index is 537. The van der Waals surface area contributed by atoms with E-state index in [9.17, 15) is 0 Å². The molecule has 16 heavy (non-hydrogen) atoms. The van der Waals surface area contributed by atoms with Crippen molar-refractivity contribution in [3.05, 3.63) is 30.5 Å². The molecule has 0 fully saturated rings. The first kappa shape index (κ1) is 10.6. The summed E-state index contributed by atoms with van der Waals surface area (Å²) in [6.45, 7) is 5.76. The predicted molar refractivity (Wildman–Crippen MR) is 64.0 cm³/mol. The number of rotatable bonds is 3. The number of furan rings is 1. The zero-order valence-corrected chi connectivity index (χ0v) is 9.66. The van der Waals surface area contributed by atoms with Gasteiger partial charge in [0.15, 0.2) is 11.3 Å². The van der Waals surface area contributed by atoms with Crippen LogP contribution in [0.4, 0.5) is 0 Å². The van der Waals surface area contributed by atoms with Crippen molar-refractivity contribution in [2.75, 3.05) is 14.2 Å². The molecule has 1 heterocycles. The lowest BCUT2D eigenvalue weighted by atomic mass is 10.2. The Morgan fingerprint density at radius 2 is 1.94 bits per heavy atom. The second-order valence-electron chi connectivity index (χ2n) is 3.64. The van der Waals surface area contributed by atoms with Crippen LogP contribution in [0.1, 0.15) is 12.7 Å². The quantitative estimate of drug-likeness (QED) is 0.790. The Labute approximate surface area is 94.3 Å². The molecule has 3 heteroatoms. The average Bonchev–Trinajstić information content (AvgIpc) is 2.71. The summed E-state index contributed by atoms with van der Waals surface area (Å²) in [5, 5.41) is 0.953. The number of ether oxygens (including phenoxy) is 2. The first-order valence-corrected chi connectivity index (χ1v) is 4.97. The molecule has 2 aromatic rings. The van der Waals surface area contributed by atoms with Crippen molar-refractivity contribution in [2.45, 2.75) is 6.92 Å². The molecule has 0 saturated carbocycles. The molecule has 0 bridgehead atoms. The minimum absolute atomic E-state index is 0.668. The fourth-order valence-electron chi connectivity index (χ4n) is 1.57. The van der Waals surface area contributed by atoms with Gasteiger partial charge in [0.05, 0.1) is 14.2 Å². The molecule has 84 valence electrons. The van der Waals surface area contributed by atoms with E-state index in [1.54, 1.807) is 20.3 Å². The molecule has 0 unspecified atom stereocenters. The molecule has 0 amide bonds. The van der Waals surface area contributed by atoms with Gasteiger partial charge in [0.2, 0.25) is 0 Å². The molecular formula is C13H14O3. The summed E-state index contributed by atoms with van der Waals surface area (Å²) >= 11 is 0. The number of benzene rings is 1. The van der Waals surface area contributed by atoms with Gasteiger partial charge in [0, 0.05) is 11.5 Å². The molecule has 0 spiro atoms. The lowest BCUT2D eigenvalue weighted by Crippen LogP contribution is -1.86. The largest absolute Gasteiger partial charge is 0.497 e. The van der Waals surface area contributed by atoms with Crippen molar-refractivity contribution in [1.29, 1.82) is 0 Å². The van der Waals surface area contributed by atoms with E-state index in [4.69, 9.17) is 13.9 Å². The van der Waals surface area contributed by atoms with Crippen LogP contribution >= 0.6 is 0 Å². The van der Waals surface area contributed by atoms with E-state index in [1.807, 2.05) is 19.1 Å². The highest BCUT2D eigenvalue weighted by atomic mass is 16.5. The molecule has 0 saturated heterocycles. The van der Waals surface area contributed by atoms with Crippen LogP contribution in [-0.2, 0) is 0 Å². The third-order valence-corrected chi connectivity index (χ3v) is 2.43. The number of hydrogen-bond donors (Lipinski definition) is 0. The van der Waals surface area contributed by atoms with Crippen molar-refractivity contribution in [3.63, 3.8) is 0 Å². The molecule has 3 nitrogen and oxygen atoms in total. The molecular weight excluding hydrogens is 204 g/mol. The van der Waals surface area contributed by atoms with Gasteiger partial charge in [0.25, 0.3) is 0 Å². The van der Waals surface area contributed by atoms with Gasteiger partial charge < -0.3 is 13.9 Å². The van der Waals surface area contributed by atoms with Gasteiger partial charge in [-0.05, 0) is 24.6 Å². The summed E-state index contributed by atoms with van der Waals surface area (Å²) in [5.74, 6) is 2.18. The predicted octanol–water partition coefficient (Wildman–Crippen LogP) is 3.48. The number of hydrogen-bond acceptors (Lipinski definition) is 3. The maximum atomic E-state index is 5.67. The normalized spacial score (nSPS) is 10.4. The van der Waals surface area contributed by atoms with Gasteiger partial charge in [-0.15, -0.1) is 0 Å². The maximum Gasteiger partial charge on any atom is 0.176 e. The fraction of sp³-hybridized carbons (Fsp3) is 0.231. The van der Waals surface area contributed by atoms with Gasteiger partial charge in [-0.3, -0.25) is 0 Å². The Balaban J connectivity index is 2.69. The summed E-state index contributed by atoms with van der Waals surface area (Å²) in [4.78, 5) is 0. The molecule has 0 radical (unpaired) electrons. The van der Waals surface area contributed by atoms with E-state index in [-0.39, 0.29) is 0 Å². The van der Waals surface area contributed by atoms with Crippen molar-refractivity contribution < 1.29 is 13.9 Å². The topological polar surface area (TPSA) is 31.6 Å². The Morgan fingerprint density at radius 3 is 2.50 bits per heavy atom. The van der Waals surface area contributed by atoms with Crippen LogP contribution in [0.3, 0.4) is 0 Å². The molecule has 1 aromatic carbocycles. The van der Waals surface area contributed by atoms with E-state index < -0.39 is 0 Å². The molecule has 0 aliphatic heterocycles. The second-order valence-corrected chi connectivity index (χ2v) is 3.64. The fourth-order valence-corrected chi connectivity index (χ4v) is 1.57. The minimum Gasteiger partial charge on any atom is -0.497 e. The second kappa shape index (κ2) is 3.93. The van der Waals surface area contributed by atoms with E-state index in [0.29, 0.717) is 5.75 Å². The van der Waals surface area contributed by atoms with Crippen LogP contribution in [0.15, 0.2) is 29.2 Å². The lowest BCUT2D eigenvalue weighted by molar-refractivity contribution is 0.392. The van der Waals surface area contributed by atoms with Crippen LogP contribution in [-0.4, -0.2) is 14.2 Å². The zero-order chi connectivity index (χ0) is 11.7. The Morgan fingerprint density at radius 1 is 1.19 bits per heavy atom. The standard InChI is InChI=1S/C13H14O3/c1-8(2)11-6-9-5-10(14-3)7-12(15-4)13(9)16-11/h5-7H,1H2,2-4H3. The lowest BCUT2D eigenvalue weighted by Gasteiger charge is -2.04. The minimum atomic E-state index is 0.668. The van der Waals surface area contributed by atoms with Crippen molar-refractivity contribution in [1.82, 2.24) is 0 Å². The summed E-state index contributed by atoms with van der Waals surface area (Å²) in [7, 11) is 3.23. The Kier molecular flexibility index (Phi) is 2.60. The maximum absolute atomic E-state index is 5.67. The van der Waals surface area contributed by atoms with Crippen LogP contribution in [0, 0.1) is 0 Å². The summed E-state index contributed by atoms with van der Waals surface area (Å²) < 4.78 is 16.1. The third-order valence-electron chi connectivity index (χ3n) is 2.43. The molecule has 1 aromatic heterocycles. The Hall–Kier alpha value is -1.90. The van der Waals surface area contributed by atoms with Crippen LogP contribution in [0.25, 0.3) is 16.5 Å². The summed E-state index contributed by atoms with van der Waals surface area (Å²) in [6.07, 6.45) is 0. The monoisotopic (exact) mass is 218 g/mol. The highest BCUT2D eigenvalue weighted by molar-refractivity contribution is 5.87. The average molecular weight is 218 g/mol. The van der Waals surface area contributed by atoms with Gasteiger partial charge >= 0.3 is 0 Å². The summed E-state index contributed by atoms with van der Waals surface area (Å²) in [6, 6.07) is 5.64.